The lowest BCUT2D eigenvalue weighted by molar-refractivity contribution is -0.146. The van der Waals surface area contributed by atoms with Crippen LogP contribution in [0.3, 0.4) is 0 Å². The molecule has 0 spiro atoms. The van der Waals surface area contributed by atoms with E-state index in [0.29, 0.717) is 12.1 Å². The van der Waals surface area contributed by atoms with Crippen LogP contribution in [-0.4, -0.2) is 62.9 Å². The zero-order valence-corrected chi connectivity index (χ0v) is 23.3. The third kappa shape index (κ3) is 6.81. The molecule has 0 radical (unpaired) electrons. The van der Waals surface area contributed by atoms with Gasteiger partial charge >= 0.3 is 0 Å². The van der Waals surface area contributed by atoms with E-state index in [1.807, 2.05) is 61.5 Å². The van der Waals surface area contributed by atoms with Crippen molar-refractivity contribution < 1.29 is 24.6 Å². The second-order valence-corrected chi connectivity index (χ2v) is 10.8. The van der Waals surface area contributed by atoms with Crippen LogP contribution in [0.15, 0.2) is 72.8 Å². The molecule has 0 aromatic heterocycles. The van der Waals surface area contributed by atoms with Crippen molar-refractivity contribution in [2.45, 2.75) is 56.8 Å². The Morgan fingerprint density at radius 2 is 1.70 bits per heavy atom. The van der Waals surface area contributed by atoms with Crippen LogP contribution in [0.2, 0.25) is 0 Å². The van der Waals surface area contributed by atoms with Gasteiger partial charge in [-0.1, -0.05) is 60.7 Å². The number of nitrogens with one attached hydrogen (secondary N) is 2. The first-order valence-electron chi connectivity index (χ1n) is 13.2. The standard InChI is InChI=1S/C31H34ClN3O5/c1-19-9-6-7-12-22(19)17-33-30(39)26-16-23(32)18-35(26)31(40)28(37)25(15-21-10-4-3-5-11-21)34-29(38)24-13-8-14-27(36)20(24)2/h3-14,23,25-26,28,36-37H,15-18H2,1-2H3,(H,33,39)(H,34,38)/t23-,25-,26-,28-/m0/s1. The third-order valence-electron chi connectivity index (χ3n) is 7.35. The first kappa shape index (κ1) is 29.1. The summed E-state index contributed by atoms with van der Waals surface area (Å²) in [5, 5.41) is 26.6. The number of likely N-dealkylation sites (tertiary alicyclic amines) is 1. The van der Waals surface area contributed by atoms with E-state index in [1.165, 1.54) is 11.0 Å². The maximum absolute atomic E-state index is 13.7. The maximum atomic E-state index is 13.7. The Bertz CT molecular complexity index is 1370. The lowest BCUT2D eigenvalue weighted by Crippen LogP contribution is -2.55. The van der Waals surface area contributed by atoms with E-state index in [0.717, 1.165) is 16.7 Å². The van der Waals surface area contributed by atoms with E-state index in [9.17, 15) is 24.6 Å². The van der Waals surface area contributed by atoms with Gasteiger partial charge in [0.25, 0.3) is 11.8 Å². The average molecular weight is 564 g/mol. The van der Waals surface area contributed by atoms with Gasteiger partial charge in [-0.25, -0.2) is 0 Å². The molecule has 3 amide bonds. The second kappa shape index (κ2) is 13.0. The van der Waals surface area contributed by atoms with Crippen molar-refractivity contribution in [1.29, 1.82) is 0 Å². The van der Waals surface area contributed by atoms with Crippen molar-refractivity contribution in [2.24, 2.45) is 0 Å². The largest absolute Gasteiger partial charge is 0.508 e. The molecular weight excluding hydrogens is 530 g/mol. The zero-order chi connectivity index (χ0) is 28.8. The number of carbonyl (C=O) groups is 3. The monoisotopic (exact) mass is 563 g/mol. The van der Waals surface area contributed by atoms with Gasteiger partial charge in [0.05, 0.1) is 11.4 Å². The number of phenols is 1. The van der Waals surface area contributed by atoms with Crippen LogP contribution in [-0.2, 0) is 22.6 Å². The van der Waals surface area contributed by atoms with Gasteiger partial charge in [0.1, 0.15) is 11.8 Å². The van der Waals surface area contributed by atoms with Crippen molar-refractivity contribution in [3.05, 3.63) is 101 Å². The van der Waals surface area contributed by atoms with Gasteiger partial charge in [0, 0.05) is 24.2 Å². The molecule has 4 rings (SSSR count). The van der Waals surface area contributed by atoms with Crippen molar-refractivity contribution >= 4 is 29.3 Å². The average Bonchev–Trinajstić information content (AvgIpc) is 3.35. The molecule has 40 heavy (non-hydrogen) atoms. The van der Waals surface area contributed by atoms with Crippen molar-refractivity contribution in [1.82, 2.24) is 15.5 Å². The summed E-state index contributed by atoms with van der Waals surface area (Å²) in [4.78, 5) is 41.3. The predicted molar refractivity (Wildman–Crippen MR) is 153 cm³/mol. The Morgan fingerprint density at radius 3 is 2.42 bits per heavy atom. The summed E-state index contributed by atoms with van der Waals surface area (Å²) in [7, 11) is 0. The number of rotatable bonds is 9. The molecule has 8 nitrogen and oxygen atoms in total. The summed E-state index contributed by atoms with van der Waals surface area (Å²) in [6.45, 7) is 3.97. The first-order chi connectivity index (χ1) is 19.2. The number of benzene rings is 3. The highest BCUT2D eigenvalue weighted by Gasteiger charge is 2.42. The number of hydrogen-bond acceptors (Lipinski definition) is 5. The number of nitrogens with zero attached hydrogens (tertiary/aromatic N) is 1. The number of halogens is 1. The van der Waals surface area contributed by atoms with E-state index in [2.05, 4.69) is 10.6 Å². The minimum Gasteiger partial charge on any atom is -0.508 e. The number of aliphatic hydroxyl groups excluding tert-OH is 1. The van der Waals surface area contributed by atoms with Gasteiger partial charge in [-0.15, -0.1) is 11.6 Å². The number of aromatic hydroxyl groups is 1. The fourth-order valence-corrected chi connectivity index (χ4v) is 5.27. The van der Waals surface area contributed by atoms with E-state index < -0.39 is 35.4 Å². The molecule has 1 fully saturated rings. The molecule has 0 bridgehead atoms. The van der Waals surface area contributed by atoms with Gasteiger partial charge in [-0.2, -0.15) is 0 Å². The summed E-state index contributed by atoms with van der Waals surface area (Å²) in [6.07, 6.45) is -1.23. The molecule has 1 heterocycles. The summed E-state index contributed by atoms with van der Waals surface area (Å²) < 4.78 is 0. The molecule has 1 aliphatic rings. The van der Waals surface area contributed by atoms with Gasteiger partial charge < -0.3 is 25.7 Å². The number of phenolic OH excluding ortho intramolecular Hbond substituents is 1. The maximum Gasteiger partial charge on any atom is 0.254 e. The Hall–Kier alpha value is -3.88. The van der Waals surface area contributed by atoms with Crippen LogP contribution < -0.4 is 10.6 Å². The van der Waals surface area contributed by atoms with E-state index >= 15 is 0 Å². The highest BCUT2D eigenvalue weighted by molar-refractivity contribution is 6.21. The smallest absolute Gasteiger partial charge is 0.254 e. The quantitative estimate of drug-likeness (QED) is 0.298. The number of carbonyl (C=O) groups excluding carboxylic acids is 3. The molecule has 0 aliphatic carbocycles. The van der Waals surface area contributed by atoms with Crippen LogP contribution in [0.1, 0.15) is 39.0 Å². The highest BCUT2D eigenvalue weighted by atomic mass is 35.5. The number of hydrogen-bond donors (Lipinski definition) is 4. The van der Waals surface area contributed by atoms with Crippen LogP contribution in [0, 0.1) is 13.8 Å². The molecule has 0 saturated carbocycles. The van der Waals surface area contributed by atoms with Gasteiger partial charge in [0.2, 0.25) is 5.91 Å². The van der Waals surface area contributed by atoms with Gasteiger partial charge in [0.15, 0.2) is 6.10 Å². The lowest BCUT2D eigenvalue weighted by Gasteiger charge is -2.30. The van der Waals surface area contributed by atoms with Gasteiger partial charge in [-0.3, -0.25) is 14.4 Å². The van der Waals surface area contributed by atoms with Crippen molar-refractivity contribution in [3.63, 3.8) is 0 Å². The van der Waals surface area contributed by atoms with Crippen LogP contribution in [0.25, 0.3) is 0 Å². The third-order valence-corrected chi connectivity index (χ3v) is 7.67. The SMILES string of the molecule is Cc1ccccc1CNC(=O)[C@@H]1C[C@H](Cl)CN1C(=O)[C@@H](O)[C@H](Cc1ccccc1)NC(=O)c1cccc(O)c1C. The van der Waals surface area contributed by atoms with Crippen molar-refractivity contribution in [3.8, 4) is 5.75 Å². The van der Waals surface area contributed by atoms with E-state index in [-0.39, 0.29) is 36.6 Å². The minimum absolute atomic E-state index is 0.0337. The molecule has 4 atom stereocenters. The van der Waals surface area contributed by atoms with Crippen LogP contribution in [0.4, 0.5) is 0 Å². The summed E-state index contributed by atoms with van der Waals surface area (Å²) in [6, 6.07) is 19.6. The molecule has 0 unspecified atom stereocenters. The van der Waals surface area contributed by atoms with E-state index in [1.54, 1.807) is 19.1 Å². The topological polar surface area (TPSA) is 119 Å². The molecule has 9 heteroatoms. The van der Waals surface area contributed by atoms with Crippen molar-refractivity contribution in [2.75, 3.05) is 6.54 Å². The fourth-order valence-electron chi connectivity index (χ4n) is 4.95. The zero-order valence-electron chi connectivity index (χ0n) is 22.5. The molecule has 3 aromatic rings. The molecule has 1 aliphatic heterocycles. The highest BCUT2D eigenvalue weighted by Crippen LogP contribution is 2.25. The van der Waals surface area contributed by atoms with Crippen LogP contribution >= 0.6 is 11.6 Å². The Balaban J connectivity index is 1.52. The molecule has 210 valence electrons. The Kier molecular flexibility index (Phi) is 9.45. The van der Waals surface area contributed by atoms with Crippen LogP contribution in [0.5, 0.6) is 5.75 Å². The first-order valence-corrected chi connectivity index (χ1v) is 13.7. The molecular formula is C31H34ClN3O5. The minimum atomic E-state index is -1.64. The number of alkyl halides is 1. The van der Waals surface area contributed by atoms with E-state index in [4.69, 9.17) is 11.6 Å². The Labute approximate surface area is 239 Å². The molecule has 3 aromatic carbocycles. The summed E-state index contributed by atoms with van der Waals surface area (Å²) in [5.41, 5.74) is 3.41. The predicted octanol–water partition coefficient (Wildman–Crippen LogP) is 3.24. The lowest BCUT2D eigenvalue weighted by atomic mass is 9.98. The number of aryl methyl sites for hydroxylation is 1. The second-order valence-electron chi connectivity index (χ2n) is 10.1. The number of aliphatic hydroxyl groups is 1. The molecule has 4 N–H and O–H groups in total. The Morgan fingerprint density at radius 1 is 1.00 bits per heavy atom. The van der Waals surface area contributed by atoms with Gasteiger partial charge in [-0.05, 0) is 55.5 Å². The summed E-state index contributed by atoms with van der Waals surface area (Å²) in [5.74, 6) is -1.61. The summed E-state index contributed by atoms with van der Waals surface area (Å²) >= 11 is 6.39. The fraction of sp³-hybridized carbons (Fsp3) is 0.323. The normalized spacial score (nSPS) is 18.1. The molecule has 1 saturated heterocycles. The number of amides is 3.